The van der Waals surface area contributed by atoms with Crippen LogP contribution in [-0.4, -0.2) is 30.0 Å². The van der Waals surface area contributed by atoms with E-state index in [-0.39, 0.29) is 10.1 Å². The van der Waals surface area contributed by atoms with Crippen LogP contribution in [0.25, 0.3) is 6.08 Å². The predicted molar refractivity (Wildman–Crippen MR) is 86.0 cm³/mol. The first kappa shape index (κ1) is 16.4. The smallest absolute Gasteiger partial charge is 0.345 e. The molecule has 9 heteroatoms. The fraction of sp³-hybridized carbons (Fsp3) is 0.143. The zero-order valence-corrected chi connectivity index (χ0v) is 13.1. The van der Waals surface area contributed by atoms with E-state index in [1.54, 1.807) is 24.3 Å². The summed E-state index contributed by atoms with van der Waals surface area (Å²) in [4.78, 5) is 25.5. The van der Waals surface area contributed by atoms with Crippen molar-refractivity contribution in [3.63, 3.8) is 0 Å². The Balaban J connectivity index is 2.04. The van der Waals surface area contributed by atoms with Crippen LogP contribution in [0.2, 0.25) is 0 Å². The quantitative estimate of drug-likeness (QED) is 0.494. The van der Waals surface area contributed by atoms with Crippen molar-refractivity contribution in [3.8, 4) is 11.5 Å². The molecular weight excluding hydrogens is 322 g/mol. The number of hydrogen-bond donors (Lipinski definition) is 1. The molecule has 1 amide bonds. The summed E-state index contributed by atoms with van der Waals surface area (Å²) in [6, 6.07) is 5.21. The van der Waals surface area contributed by atoms with Gasteiger partial charge in [0, 0.05) is 6.08 Å². The minimum absolute atomic E-state index is 0.135. The molecule has 1 heterocycles. The molecule has 0 saturated heterocycles. The largest absolute Gasteiger partial charge is 0.493 e. The van der Waals surface area contributed by atoms with E-state index in [0.717, 1.165) is 23.1 Å². The van der Waals surface area contributed by atoms with Gasteiger partial charge in [-0.2, -0.15) is 0 Å². The maximum atomic E-state index is 11.8. The van der Waals surface area contributed by atoms with Crippen molar-refractivity contribution in [2.24, 2.45) is 0 Å². The summed E-state index contributed by atoms with van der Waals surface area (Å²) in [5.41, 5.74) is 0.739. The number of hydrogen-bond acceptors (Lipinski definition) is 7. The average molecular weight is 335 g/mol. The second-order valence-electron chi connectivity index (χ2n) is 4.20. The molecule has 0 saturated carbocycles. The fourth-order valence-electron chi connectivity index (χ4n) is 1.68. The molecule has 2 rings (SSSR count). The zero-order valence-electron chi connectivity index (χ0n) is 12.3. The number of carbonyl (C=O) groups is 1. The highest BCUT2D eigenvalue weighted by molar-refractivity contribution is 7.18. The van der Waals surface area contributed by atoms with Crippen molar-refractivity contribution in [3.05, 3.63) is 46.1 Å². The van der Waals surface area contributed by atoms with Gasteiger partial charge in [-0.3, -0.25) is 20.2 Å². The maximum Gasteiger partial charge on any atom is 0.345 e. The van der Waals surface area contributed by atoms with Crippen LogP contribution in [0.1, 0.15) is 5.56 Å². The van der Waals surface area contributed by atoms with Gasteiger partial charge in [-0.05, 0) is 35.1 Å². The Kier molecular flexibility index (Phi) is 5.26. The first-order valence-electron chi connectivity index (χ1n) is 6.35. The number of amides is 1. The molecule has 8 nitrogen and oxygen atoms in total. The lowest BCUT2D eigenvalue weighted by Crippen LogP contribution is -2.07. The van der Waals surface area contributed by atoms with Crippen LogP contribution in [0.3, 0.4) is 0 Å². The lowest BCUT2D eigenvalue weighted by Gasteiger charge is -2.07. The van der Waals surface area contributed by atoms with Crippen LogP contribution in [-0.2, 0) is 4.79 Å². The molecule has 0 aliphatic rings. The molecule has 0 atom stereocenters. The summed E-state index contributed by atoms with van der Waals surface area (Å²) in [6.07, 6.45) is 3.98. The predicted octanol–water partition coefficient (Wildman–Crippen LogP) is 2.72. The molecule has 0 aliphatic carbocycles. The second kappa shape index (κ2) is 7.36. The van der Waals surface area contributed by atoms with E-state index in [0.29, 0.717) is 11.5 Å². The van der Waals surface area contributed by atoms with E-state index in [9.17, 15) is 14.9 Å². The van der Waals surface area contributed by atoms with Crippen LogP contribution >= 0.6 is 11.3 Å². The average Bonchev–Trinajstić information content (AvgIpc) is 3.01. The molecule has 0 unspecified atom stereocenters. The number of nitrogens with zero attached hydrogens (tertiary/aromatic N) is 2. The molecule has 0 spiro atoms. The van der Waals surface area contributed by atoms with E-state index >= 15 is 0 Å². The third-order valence-corrected chi connectivity index (χ3v) is 3.60. The van der Waals surface area contributed by atoms with Crippen LogP contribution in [0, 0.1) is 10.1 Å². The Bertz CT molecular complexity index is 757. The van der Waals surface area contributed by atoms with Crippen molar-refractivity contribution in [1.82, 2.24) is 4.98 Å². The van der Waals surface area contributed by atoms with E-state index in [2.05, 4.69) is 10.3 Å². The highest BCUT2D eigenvalue weighted by atomic mass is 32.1. The van der Waals surface area contributed by atoms with Gasteiger partial charge in [-0.15, -0.1) is 0 Å². The number of nitro groups is 1. The van der Waals surface area contributed by atoms with E-state index in [1.165, 1.54) is 20.3 Å². The Morgan fingerprint density at radius 2 is 2.09 bits per heavy atom. The van der Waals surface area contributed by atoms with E-state index in [4.69, 9.17) is 9.47 Å². The molecule has 2 aromatic rings. The molecule has 0 radical (unpaired) electrons. The number of thiazole rings is 1. The summed E-state index contributed by atoms with van der Waals surface area (Å²) in [6.45, 7) is 0. The Hall–Kier alpha value is -2.94. The fourth-order valence-corrected chi connectivity index (χ4v) is 2.32. The van der Waals surface area contributed by atoms with Crippen molar-refractivity contribution in [2.45, 2.75) is 0 Å². The zero-order chi connectivity index (χ0) is 16.8. The summed E-state index contributed by atoms with van der Waals surface area (Å²) in [5.74, 6) is 0.693. The Morgan fingerprint density at radius 1 is 1.35 bits per heavy atom. The van der Waals surface area contributed by atoms with Crippen LogP contribution < -0.4 is 14.8 Å². The molecule has 120 valence electrons. The van der Waals surface area contributed by atoms with Gasteiger partial charge in [0.25, 0.3) is 0 Å². The SMILES string of the molecule is COc1ccc(C=CC(=O)Nc2ncc([N+](=O)[O-])s2)cc1OC. The highest BCUT2D eigenvalue weighted by Gasteiger charge is 2.12. The molecule has 23 heavy (non-hydrogen) atoms. The van der Waals surface area contributed by atoms with E-state index in [1.807, 2.05) is 0 Å². The van der Waals surface area contributed by atoms with Crippen molar-refractivity contribution < 1.29 is 19.2 Å². The minimum Gasteiger partial charge on any atom is -0.493 e. The van der Waals surface area contributed by atoms with Crippen molar-refractivity contribution in [2.75, 3.05) is 19.5 Å². The number of carbonyl (C=O) groups excluding carboxylic acids is 1. The minimum atomic E-state index is -0.563. The lowest BCUT2D eigenvalue weighted by molar-refractivity contribution is -0.380. The van der Waals surface area contributed by atoms with Gasteiger partial charge in [0.05, 0.1) is 19.1 Å². The first-order chi connectivity index (χ1) is 11.0. The normalized spacial score (nSPS) is 10.5. The topological polar surface area (TPSA) is 104 Å². The molecule has 0 bridgehead atoms. The lowest BCUT2D eigenvalue weighted by atomic mass is 10.2. The second-order valence-corrected chi connectivity index (χ2v) is 5.21. The number of methoxy groups -OCH3 is 2. The first-order valence-corrected chi connectivity index (χ1v) is 7.16. The summed E-state index contributed by atoms with van der Waals surface area (Å²) in [5, 5.41) is 13.0. The van der Waals surface area contributed by atoms with Gasteiger partial charge < -0.3 is 9.47 Å². The van der Waals surface area contributed by atoms with Crippen LogP contribution in [0.15, 0.2) is 30.5 Å². The van der Waals surface area contributed by atoms with Gasteiger partial charge in [-0.25, -0.2) is 4.98 Å². The van der Waals surface area contributed by atoms with Crippen LogP contribution in [0.5, 0.6) is 11.5 Å². The summed E-state index contributed by atoms with van der Waals surface area (Å²) >= 11 is 0.789. The van der Waals surface area contributed by atoms with Gasteiger partial charge in [0.1, 0.15) is 6.20 Å². The molecule has 1 aromatic carbocycles. The standard InChI is InChI=1S/C14H13N3O5S/c1-21-10-5-3-9(7-11(10)22-2)4-6-12(18)16-14-15-8-13(23-14)17(19)20/h3-8H,1-2H3,(H,15,16,18). The Morgan fingerprint density at radius 3 is 2.70 bits per heavy atom. The number of aromatic nitrogens is 1. The molecular formula is C14H13N3O5S. The van der Waals surface area contributed by atoms with Gasteiger partial charge in [-0.1, -0.05) is 6.07 Å². The van der Waals surface area contributed by atoms with Gasteiger partial charge >= 0.3 is 5.00 Å². The Labute approximate surface area is 135 Å². The summed E-state index contributed by atoms with van der Waals surface area (Å²) in [7, 11) is 3.06. The third-order valence-electron chi connectivity index (χ3n) is 2.74. The van der Waals surface area contributed by atoms with Crippen LogP contribution in [0.4, 0.5) is 10.1 Å². The highest BCUT2D eigenvalue weighted by Crippen LogP contribution is 2.28. The van der Waals surface area contributed by atoms with Gasteiger partial charge in [0.2, 0.25) is 5.91 Å². The molecule has 0 aliphatic heterocycles. The van der Waals surface area contributed by atoms with Crippen molar-refractivity contribution in [1.29, 1.82) is 0 Å². The third kappa shape index (κ3) is 4.27. The number of ether oxygens (including phenoxy) is 2. The number of anilines is 1. The van der Waals surface area contributed by atoms with E-state index < -0.39 is 10.8 Å². The maximum absolute atomic E-state index is 11.8. The summed E-state index contributed by atoms with van der Waals surface area (Å²) < 4.78 is 10.3. The number of rotatable bonds is 6. The number of benzene rings is 1. The monoisotopic (exact) mass is 335 g/mol. The molecule has 1 N–H and O–H groups in total. The molecule has 1 aromatic heterocycles. The van der Waals surface area contributed by atoms with Crippen molar-refractivity contribution >= 4 is 33.5 Å². The van der Waals surface area contributed by atoms with Gasteiger partial charge in [0.15, 0.2) is 16.6 Å². The molecule has 0 fully saturated rings. The number of nitrogens with one attached hydrogen (secondary N) is 1.